The molecule has 2 aliphatic heterocycles. The minimum Gasteiger partial charge on any atom is -0.440 e. The Labute approximate surface area is 210 Å². The van der Waals surface area contributed by atoms with E-state index in [9.17, 15) is 18.0 Å². The molecule has 8 nitrogen and oxygen atoms in total. The number of nitrogens with zero attached hydrogens (tertiary/aromatic N) is 6. The SMILES string of the molecule is O=C(OC(CF)CF)N1Cc2cc(Cl)ccc2-n2c(nnc2C2CCN(c3ccc(F)cn3)CC2)C1. The molecule has 2 aromatic heterocycles. The number of ether oxygens (including phenoxy) is 1. The fourth-order valence-electron chi connectivity index (χ4n) is 4.66. The largest absolute Gasteiger partial charge is 0.440 e. The Morgan fingerprint density at radius 3 is 2.58 bits per heavy atom. The highest BCUT2D eigenvalue weighted by atomic mass is 35.5. The number of anilines is 1. The summed E-state index contributed by atoms with van der Waals surface area (Å²) in [6.07, 6.45) is 0.483. The molecule has 3 aromatic rings. The molecule has 0 saturated carbocycles. The Morgan fingerprint density at radius 1 is 1.11 bits per heavy atom. The summed E-state index contributed by atoms with van der Waals surface area (Å²) in [6, 6.07) is 8.43. The highest BCUT2D eigenvalue weighted by Crippen LogP contribution is 2.34. The fraction of sp³-hybridized carbons (Fsp3) is 0.417. The van der Waals surface area contributed by atoms with Crippen molar-refractivity contribution < 1.29 is 22.7 Å². The van der Waals surface area contributed by atoms with Gasteiger partial charge in [-0.15, -0.1) is 10.2 Å². The Morgan fingerprint density at radius 2 is 1.89 bits per heavy atom. The van der Waals surface area contributed by atoms with Crippen LogP contribution in [0, 0.1) is 5.82 Å². The zero-order chi connectivity index (χ0) is 25.2. The highest BCUT2D eigenvalue weighted by Gasteiger charge is 2.32. The number of halogens is 4. The molecule has 1 fully saturated rings. The van der Waals surface area contributed by atoms with Gasteiger partial charge in [0.2, 0.25) is 0 Å². The highest BCUT2D eigenvalue weighted by molar-refractivity contribution is 6.30. The number of alkyl halides is 2. The third-order valence-electron chi connectivity index (χ3n) is 6.50. The van der Waals surface area contributed by atoms with Crippen molar-refractivity contribution in [2.24, 2.45) is 0 Å². The predicted octanol–water partition coefficient (Wildman–Crippen LogP) is 4.60. The number of piperidine rings is 1. The van der Waals surface area contributed by atoms with E-state index in [1.54, 1.807) is 18.2 Å². The molecule has 0 bridgehead atoms. The van der Waals surface area contributed by atoms with Crippen LogP contribution in [-0.2, 0) is 17.8 Å². The van der Waals surface area contributed by atoms with Crippen LogP contribution in [0.1, 0.15) is 36.0 Å². The van der Waals surface area contributed by atoms with Gasteiger partial charge in [-0.1, -0.05) is 11.6 Å². The van der Waals surface area contributed by atoms with Gasteiger partial charge in [0, 0.05) is 24.0 Å². The smallest absolute Gasteiger partial charge is 0.410 e. The van der Waals surface area contributed by atoms with Crippen molar-refractivity contribution in [2.45, 2.75) is 38.0 Å². The lowest BCUT2D eigenvalue weighted by Crippen LogP contribution is -2.35. The number of pyridine rings is 1. The predicted molar refractivity (Wildman–Crippen MR) is 126 cm³/mol. The summed E-state index contributed by atoms with van der Waals surface area (Å²) in [4.78, 5) is 20.4. The molecule has 36 heavy (non-hydrogen) atoms. The van der Waals surface area contributed by atoms with E-state index in [1.165, 1.54) is 17.2 Å². The lowest BCUT2D eigenvalue weighted by atomic mass is 9.95. The van der Waals surface area contributed by atoms with Crippen LogP contribution in [0.2, 0.25) is 5.02 Å². The van der Waals surface area contributed by atoms with E-state index in [0.717, 1.165) is 35.7 Å². The summed E-state index contributed by atoms with van der Waals surface area (Å²) in [5, 5.41) is 9.34. The molecule has 0 N–H and O–H groups in total. The maximum Gasteiger partial charge on any atom is 0.410 e. The van der Waals surface area contributed by atoms with Gasteiger partial charge in [-0.2, -0.15) is 0 Å². The first-order valence-electron chi connectivity index (χ1n) is 11.6. The summed E-state index contributed by atoms with van der Waals surface area (Å²) in [5.41, 5.74) is 1.53. The number of carbonyl (C=O) groups excluding carboxylic acids is 1. The first-order chi connectivity index (χ1) is 17.5. The standard InChI is InChI=1S/C24H24ClF3N6O2/c25-17-1-3-20-16(9-17)13-33(24(35)36-19(10-26)11-27)14-22-30-31-23(34(20)22)15-5-7-32(8-6-15)21-4-2-18(28)12-29-21/h1-4,9,12,15,19H,5-8,10-11,13-14H2. The molecule has 0 aliphatic carbocycles. The number of benzene rings is 1. The monoisotopic (exact) mass is 520 g/mol. The van der Waals surface area contributed by atoms with Crippen molar-refractivity contribution >= 4 is 23.5 Å². The van der Waals surface area contributed by atoms with Crippen molar-refractivity contribution in [1.29, 1.82) is 0 Å². The van der Waals surface area contributed by atoms with Crippen LogP contribution in [0.4, 0.5) is 23.8 Å². The quantitative estimate of drug-likeness (QED) is 0.489. The van der Waals surface area contributed by atoms with Gasteiger partial charge in [-0.25, -0.2) is 22.9 Å². The number of hydrogen-bond acceptors (Lipinski definition) is 6. The van der Waals surface area contributed by atoms with Gasteiger partial charge in [0.1, 0.15) is 30.8 Å². The maximum atomic E-state index is 13.2. The van der Waals surface area contributed by atoms with Crippen LogP contribution in [0.3, 0.4) is 0 Å². The summed E-state index contributed by atoms with van der Waals surface area (Å²) < 4.78 is 46.1. The van der Waals surface area contributed by atoms with E-state index in [2.05, 4.69) is 20.1 Å². The van der Waals surface area contributed by atoms with Gasteiger partial charge in [-0.3, -0.25) is 9.47 Å². The van der Waals surface area contributed by atoms with Gasteiger partial charge >= 0.3 is 6.09 Å². The van der Waals surface area contributed by atoms with E-state index < -0.39 is 25.5 Å². The molecule has 0 unspecified atom stereocenters. The summed E-state index contributed by atoms with van der Waals surface area (Å²) >= 11 is 6.25. The third kappa shape index (κ3) is 4.84. The first-order valence-corrected chi connectivity index (χ1v) is 12.0. The third-order valence-corrected chi connectivity index (χ3v) is 6.73. The zero-order valence-electron chi connectivity index (χ0n) is 19.3. The lowest BCUT2D eigenvalue weighted by Gasteiger charge is -2.32. The molecule has 1 aromatic carbocycles. The van der Waals surface area contributed by atoms with E-state index in [-0.39, 0.29) is 24.8 Å². The van der Waals surface area contributed by atoms with Gasteiger partial charge in [0.05, 0.1) is 25.0 Å². The van der Waals surface area contributed by atoms with Gasteiger partial charge < -0.3 is 9.64 Å². The first kappa shape index (κ1) is 24.4. The van der Waals surface area contributed by atoms with Gasteiger partial charge in [-0.05, 0) is 48.7 Å². The lowest BCUT2D eigenvalue weighted by molar-refractivity contribution is 0.0354. The van der Waals surface area contributed by atoms with Crippen LogP contribution < -0.4 is 4.90 Å². The Hall–Kier alpha value is -3.34. The van der Waals surface area contributed by atoms with Crippen molar-refractivity contribution in [3.8, 4) is 5.69 Å². The van der Waals surface area contributed by atoms with Gasteiger partial charge in [0.15, 0.2) is 11.9 Å². The molecule has 4 heterocycles. The molecule has 0 radical (unpaired) electrons. The van der Waals surface area contributed by atoms with E-state index >= 15 is 0 Å². The molecule has 0 atom stereocenters. The number of hydrogen-bond donors (Lipinski definition) is 0. The fourth-order valence-corrected chi connectivity index (χ4v) is 4.86. The molecular weight excluding hydrogens is 497 g/mol. The molecule has 12 heteroatoms. The molecule has 1 amide bonds. The Kier molecular flexibility index (Phi) is 6.99. The second kappa shape index (κ2) is 10.3. The summed E-state index contributed by atoms with van der Waals surface area (Å²) in [5.74, 6) is 1.72. The molecule has 2 aliphatic rings. The normalized spacial score (nSPS) is 16.0. The Balaban J connectivity index is 1.41. The molecule has 0 spiro atoms. The van der Waals surface area contributed by atoms with Crippen molar-refractivity contribution in [2.75, 3.05) is 31.3 Å². The number of amides is 1. The van der Waals surface area contributed by atoms with Crippen LogP contribution in [0.15, 0.2) is 36.5 Å². The van der Waals surface area contributed by atoms with Crippen molar-refractivity contribution in [3.05, 3.63) is 64.6 Å². The molecule has 5 rings (SSSR count). The minimum absolute atomic E-state index is 0.0573. The number of aromatic nitrogens is 4. The number of fused-ring (bicyclic) bond motifs is 3. The van der Waals surface area contributed by atoms with Gasteiger partial charge in [0.25, 0.3) is 0 Å². The number of rotatable bonds is 5. The van der Waals surface area contributed by atoms with E-state index in [4.69, 9.17) is 16.3 Å². The zero-order valence-corrected chi connectivity index (χ0v) is 20.0. The second-order valence-corrected chi connectivity index (χ2v) is 9.29. The second-order valence-electron chi connectivity index (χ2n) is 8.85. The maximum absolute atomic E-state index is 13.2. The average molecular weight is 521 g/mol. The molecular formula is C24H24ClF3N6O2. The summed E-state index contributed by atoms with van der Waals surface area (Å²) in [6.45, 7) is -0.592. The average Bonchev–Trinajstić information content (AvgIpc) is 3.23. The molecule has 190 valence electrons. The van der Waals surface area contributed by atoms with Crippen LogP contribution in [0.25, 0.3) is 5.69 Å². The van der Waals surface area contributed by atoms with E-state index in [0.29, 0.717) is 23.9 Å². The van der Waals surface area contributed by atoms with Crippen LogP contribution in [-0.4, -0.2) is 63.3 Å². The minimum atomic E-state index is -1.45. The van der Waals surface area contributed by atoms with E-state index in [1.807, 2.05) is 10.6 Å². The van der Waals surface area contributed by atoms with Crippen molar-refractivity contribution in [1.82, 2.24) is 24.6 Å². The van der Waals surface area contributed by atoms with Crippen LogP contribution in [0.5, 0.6) is 0 Å². The summed E-state index contributed by atoms with van der Waals surface area (Å²) in [7, 11) is 0. The van der Waals surface area contributed by atoms with Crippen molar-refractivity contribution in [3.63, 3.8) is 0 Å². The van der Waals surface area contributed by atoms with Crippen LogP contribution >= 0.6 is 11.6 Å². The molecule has 1 saturated heterocycles. The number of carbonyl (C=O) groups is 1. The topological polar surface area (TPSA) is 76.4 Å². The Bertz CT molecular complexity index is 1230.